The van der Waals surface area contributed by atoms with Gasteiger partial charge < -0.3 is 10.6 Å². The first-order valence-electron chi connectivity index (χ1n) is 7.27. The van der Waals surface area contributed by atoms with E-state index in [1.54, 1.807) is 0 Å². The van der Waals surface area contributed by atoms with Gasteiger partial charge in [-0.2, -0.15) is 0 Å². The number of rotatable bonds is 5. The molecule has 1 fully saturated rings. The SMILES string of the molecule is Cc1cccc(CC(=O)NCCC2CCCNC2)c1. The van der Waals surface area contributed by atoms with Crippen LogP contribution in [0, 0.1) is 12.8 Å². The van der Waals surface area contributed by atoms with Gasteiger partial charge in [0.05, 0.1) is 6.42 Å². The van der Waals surface area contributed by atoms with Crippen LogP contribution in [0.5, 0.6) is 0 Å². The predicted octanol–water partition coefficient (Wildman–Crippen LogP) is 2.04. The highest BCUT2D eigenvalue weighted by Gasteiger charge is 2.12. The third-order valence-corrected chi connectivity index (χ3v) is 3.72. The smallest absolute Gasteiger partial charge is 0.224 e. The molecule has 1 aliphatic heterocycles. The lowest BCUT2D eigenvalue weighted by molar-refractivity contribution is -0.120. The number of carbonyl (C=O) groups is 1. The molecule has 0 saturated carbocycles. The fourth-order valence-corrected chi connectivity index (χ4v) is 2.66. The average molecular weight is 260 g/mol. The van der Waals surface area contributed by atoms with Gasteiger partial charge in [0, 0.05) is 6.54 Å². The number of carbonyl (C=O) groups excluding carboxylic acids is 1. The van der Waals surface area contributed by atoms with Gasteiger partial charge in [0.2, 0.25) is 5.91 Å². The summed E-state index contributed by atoms with van der Waals surface area (Å²) in [5.41, 5.74) is 2.30. The zero-order valence-corrected chi connectivity index (χ0v) is 11.7. The van der Waals surface area contributed by atoms with Crippen LogP contribution >= 0.6 is 0 Å². The topological polar surface area (TPSA) is 41.1 Å². The molecule has 0 aromatic heterocycles. The Hall–Kier alpha value is -1.35. The van der Waals surface area contributed by atoms with Crippen LogP contribution in [0.2, 0.25) is 0 Å². The van der Waals surface area contributed by atoms with Crippen molar-refractivity contribution in [2.24, 2.45) is 5.92 Å². The highest BCUT2D eigenvalue weighted by Crippen LogP contribution is 2.12. The minimum atomic E-state index is 0.134. The zero-order valence-electron chi connectivity index (χ0n) is 11.7. The Bertz CT molecular complexity index is 411. The molecule has 0 bridgehead atoms. The predicted molar refractivity (Wildman–Crippen MR) is 78.1 cm³/mol. The van der Waals surface area contributed by atoms with E-state index >= 15 is 0 Å². The Morgan fingerprint density at radius 1 is 1.47 bits per heavy atom. The molecule has 1 atom stereocenters. The summed E-state index contributed by atoms with van der Waals surface area (Å²) in [6.45, 7) is 5.11. The maximum atomic E-state index is 11.8. The quantitative estimate of drug-likeness (QED) is 0.850. The van der Waals surface area contributed by atoms with Gasteiger partial charge in [-0.25, -0.2) is 0 Å². The molecule has 1 aromatic rings. The van der Waals surface area contributed by atoms with Crippen molar-refractivity contribution in [3.8, 4) is 0 Å². The third-order valence-electron chi connectivity index (χ3n) is 3.72. The summed E-state index contributed by atoms with van der Waals surface area (Å²) in [5, 5.41) is 6.44. The normalized spacial score (nSPS) is 19.1. The number of amides is 1. The Balaban J connectivity index is 1.67. The first-order valence-corrected chi connectivity index (χ1v) is 7.27. The van der Waals surface area contributed by atoms with Crippen molar-refractivity contribution in [1.82, 2.24) is 10.6 Å². The second-order valence-electron chi connectivity index (χ2n) is 5.52. The molecule has 1 aliphatic rings. The van der Waals surface area contributed by atoms with Gasteiger partial charge in [-0.3, -0.25) is 4.79 Å². The Morgan fingerprint density at radius 3 is 3.11 bits per heavy atom. The summed E-state index contributed by atoms with van der Waals surface area (Å²) in [6.07, 6.45) is 4.14. The highest BCUT2D eigenvalue weighted by atomic mass is 16.1. The van der Waals surface area contributed by atoms with Crippen LogP contribution in [-0.4, -0.2) is 25.5 Å². The van der Waals surface area contributed by atoms with Gasteiger partial charge in [-0.15, -0.1) is 0 Å². The van der Waals surface area contributed by atoms with Crippen molar-refractivity contribution in [2.75, 3.05) is 19.6 Å². The largest absolute Gasteiger partial charge is 0.356 e. The summed E-state index contributed by atoms with van der Waals surface area (Å²) in [6, 6.07) is 8.14. The van der Waals surface area contributed by atoms with Crippen LogP contribution < -0.4 is 10.6 Å². The number of hydrogen-bond acceptors (Lipinski definition) is 2. The van der Waals surface area contributed by atoms with Crippen molar-refractivity contribution < 1.29 is 4.79 Å². The van der Waals surface area contributed by atoms with Gasteiger partial charge in [0.15, 0.2) is 0 Å². The van der Waals surface area contributed by atoms with Gasteiger partial charge in [0.1, 0.15) is 0 Å². The van der Waals surface area contributed by atoms with Crippen molar-refractivity contribution >= 4 is 5.91 Å². The van der Waals surface area contributed by atoms with Gasteiger partial charge in [-0.05, 0) is 50.8 Å². The van der Waals surface area contributed by atoms with E-state index in [1.807, 2.05) is 12.1 Å². The summed E-state index contributed by atoms with van der Waals surface area (Å²) in [5.74, 6) is 0.863. The van der Waals surface area contributed by atoms with E-state index in [4.69, 9.17) is 0 Å². The summed E-state index contributed by atoms with van der Waals surface area (Å²) in [4.78, 5) is 11.8. The zero-order chi connectivity index (χ0) is 13.5. The first-order chi connectivity index (χ1) is 9.24. The average Bonchev–Trinajstić information content (AvgIpc) is 2.40. The lowest BCUT2D eigenvalue weighted by Gasteiger charge is -2.22. The van der Waals surface area contributed by atoms with Crippen LogP contribution in [0.3, 0.4) is 0 Å². The van der Waals surface area contributed by atoms with Crippen LogP contribution in [0.25, 0.3) is 0 Å². The molecule has 1 aromatic carbocycles. The van der Waals surface area contributed by atoms with E-state index in [-0.39, 0.29) is 5.91 Å². The first kappa shape index (κ1) is 14.1. The van der Waals surface area contributed by atoms with Crippen molar-refractivity contribution in [1.29, 1.82) is 0 Å². The fraction of sp³-hybridized carbons (Fsp3) is 0.562. The van der Waals surface area contributed by atoms with Crippen LogP contribution in [0.1, 0.15) is 30.4 Å². The third kappa shape index (κ3) is 5.03. The molecular weight excluding hydrogens is 236 g/mol. The second kappa shape index (κ2) is 7.29. The lowest BCUT2D eigenvalue weighted by Crippen LogP contribution is -2.33. The Kier molecular flexibility index (Phi) is 5.40. The van der Waals surface area contributed by atoms with E-state index in [0.717, 1.165) is 37.5 Å². The number of aryl methyl sites for hydroxylation is 1. The lowest BCUT2D eigenvalue weighted by atomic mass is 9.96. The molecular formula is C16H24N2O. The second-order valence-corrected chi connectivity index (χ2v) is 5.52. The van der Waals surface area contributed by atoms with Crippen LogP contribution in [-0.2, 0) is 11.2 Å². The number of piperidine rings is 1. The monoisotopic (exact) mass is 260 g/mol. The molecule has 2 N–H and O–H groups in total. The maximum absolute atomic E-state index is 11.8. The van der Waals surface area contributed by atoms with Gasteiger partial charge in [-0.1, -0.05) is 29.8 Å². The standard InChI is InChI=1S/C16H24N2O/c1-13-4-2-5-15(10-13)11-16(19)18-9-7-14-6-3-8-17-12-14/h2,4-5,10,14,17H,3,6-9,11-12H2,1H3,(H,18,19). The molecule has 1 amide bonds. The van der Waals surface area contributed by atoms with Crippen LogP contribution in [0.15, 0.2) is 24.3 Å². The maximum Gasteiger partial charge on any atom is 0.224 e. The van der Waals surface area contributed by atoms with E-state index in [0.29, 0.717) is 6.42 Å². The van der Waals surface area contributed by atoms with Crippen molar-refractivity contribution in [3.63, 3.8) is 0 Å². The van der Waals surface area contributed by atoms with E-state index in [9.17, 15) is 4.79 Å². The molecule has 104 valence electrons. The van der Waals surface area contributed by atoms with E-state index < -0.39 is 0 Å². The number of nitrogens with one attached hydrogen (secondary N) is 2. The van der Waals surface area contributed by atoms with Gasteiger partial charge >= 0.3 is 0 Å². The molecule has 3 nitrogen and oxygen atoms in total. The van der Waals surface area contributed by atoms with E-state index in [1.165, 1.54) is 18.4 Å². The van der Waals surface area contributed by atoms with E-state index in [2.05, 4.69) is 29.7 Å². The molecule has 0 aliphatic carbocycles. The minimum absolute atomic E-state index is 0.134. The molecule has 3 heteroatoms. The summed E-state index contributed by atoms with van der Waals surface area (Å²) in [7, 11) is 0. The Morgan fingerprint density at radius 2 is 2.37 bits per heavy atom. The fourth-order valence-electron chi connectivity index (χ4n) is 2.66. The van der Waals surface area contributed by atoms with Crippen molar-refractivity contribution in [2.45, 2.75) is 32.6 Å². The summed E-state index contributed by atoms with van der Waals surface area (Å²) >= 11 is 0. The molecule has 1 heterocycles. The molecule has 1 unspecified atom stereocenters. The molecule has 1 saturated heterocycles. The van der Waals surface area contributed by atoms with Gasteiger partial charge in [0.25, 0.3) is 0 Å². The van der Waals surface area contributed by atoms with Crippen LogP contribution in [0.4, 0.5) is 0 Å². The minimum Gasteiger partial charge on any atom is -0.356 e. The molecule has 2 rings (SSSR count). The van der Waals surface area contributed by atoms with Crippen molar-refractivity contribution in [3.05, 3.63) is 35.4 Å². The number of benzene rings is 1. The molecule has 0 spiro atoms. The highest BCUT2D eigenvalue weighted by molar-refractivity contribution is 5.78. The Labute approximate surface area is 115 Å². The molecule has 19 heavy (non-hydrogen) atoms. The summed E-state index contributed by atoms with van der Waals surface area (Å²) < 4.78 is 0. The molecule has 0 radical (unpaired) electrons. The number of hydrogen-bond donors (Lipinski definition) is 2.